The van der Waals surface area contributed by atoms with Crippen LogP contribution >= 0.6 is 0 Å². The normalized spacial score (nSPS) is 15.8. The minimum absolute atomic E-state index is 0.00634. The Balaban J connectivity index is 2.36. The van der Waals surface area contributed by atoms with Crippen LogP contribution in [0.4, 0.5) is 5.82 Å². The van der Waals surface area contributed by atoms with Crippen molar-refractivity contribution in [1.82, 2.24) is 9.55 Å². The van der Waals surface area contributed by atoms with Gasteiger partial charge in [0, 0.05) is 25.0 Å². The Labute approximate surface area is 76.6 Å². The van der Waals surface area contributed by atoms with E-state index in [0.29, 0.717) is 11.9 Å². The van der Waals surface area contributed by atoms with Gasteiger partial charge in [0.25, 0.3) is 5.56 Å². The summed E-state index contributed by atoms with van der Waals surface area (Å²) in [5.74, 6) is 0.469. The molecule has 1 fully saturated rings. The lowest BCUT2D eigenvalue weighted by Gasteiger charge is -2.05. The van der Waals surface area contributed by atoms with Crippen molar-refractivity contribution >= 4 is 5.82 Å². The van der Waals surface area contributed by atoms with Crippen LogP contribution in [0.25, 0.3) is 0 Å². The first-order chi connectivity index (χ1) is 6.33. The van der Waals surface area contributed by atoms with Crippen molar-refractivity contribution in [3.05, 3.63) is 22.7 Å². The molecule has 4 heteroatoms. The van der Waals surface area contributed by atoms with Gasteiger partial charge in [-0.1, -0.05) is 0 Å². The van der Waals surface area contributed by atoms with Crippen molar-refractivity contribution in [2.75, 3.05) is 11.9 Å². The Hall–Kier alpha value is -1.32. The second kappa shape index (κ2) is 3.20. The minimum Gasteiger partial charge on any atom is -0.366 e. The molecule has 1 aliphatic rings. The second-order valence-electron chi connectivity index (χ2n) is 3.25. The van der Waals surface area contributed by atoms with Gasteiger partial charge in [0.2, 0.25) is 0 Å². The van der Waals surface area contributed by atoms with E-state index in [1.54, 1.807) is 17.0 Å². The molecule has 1 saturated carbocycles. The monoisotopic (exact) mass is 179 g/mol. The molecule has 70 valence electrons. The van der Waals surface area contributed by atoms with Crippen LogP contribution in [0, 0.1) is 0 Å². The zero-order valence-corrected chi connectivity index (χ0v) is 7.66. The number of hydrogen-bond donors (Lipinski definition) is 1. The molecule has 1 heterocycles. The summed E-state index contributed by atoms with van der Waals surface area (Å²) < 4.78 is 1.77. The molecular formula is C9H13N3O. The predicted molar refractivity (Wildman–Crippen MR) is 50.9 cm³/mol. The molecule has 0 radical (unpaired) electrons. The van der Waals surface area contributed by atoms with E-state index in [2.05, 4.69) is 10.3 Å². The second-order valence-corrected chi connectivity index (χ2v) is 3.25. The number of nitrogens with one attached hydrogen (secondary N) is 1. The summed E-state index contributed by atoms with van der Waals surface area (Å²) in [6.45, 7) is 2.69. The third-order valence-electron chi connectivity index (χ3n) is 2.15. The summed E-state index contributed by atoms with van der Waals surface area (Å²) in [5, 5.41) is 2.95. The lowest BCUT2D eigenvalue weighted by atomic mass is 10.5. The highest BCUT2D eigenvalue weighted by Crippen LogP contribution is 2.33. The molecule has 0 aromatic carbocycles. The molecule has 1 aliphatic carbocycles. The molecule has 1 aromatic rings. The highest BCUT2D eigenvalue weighted by Gasteiger charge is 2.24. The Morgan fingerprint density at radius 3 is 3.08 bits per heavy atom. The van der Waals surface area contributed by atoms with Crippen LogP contribution in [0.3, 0.4) is 0 Å². The molecule has 1 N–H and O–H groups in total. The number of nitrogens with zero attached hydrogens (tertiary/aromatic N) is 2. The van der Waals surface area contributed by atoms with Crippen molar-refractivity contribution in [3.63, 3.8) is 0 Å². The van der Waals surface area contributed by atoms with Gasteiger partial charge in [-0.3, -0.25) is 4.79 Å². The summed E-state index contributed by atoms with van der Waals surface area (Å²) in [6.07, 6.45) is 5.68. The average molecular weight is 179 g/mol. The summed E-state index contributed by atoms with van der Waals surface area (Å²) in [7, 11) is 0. The number of rotatable bonds is 3. The van der Waals surface area contributed by atoms with Crippen molar-refractivity contribution in [2.45, 2.75) is 25.8 Å². The molecule has 0 unspecified atom stereocenters. The summed E-state index contributed by atoms with van der Waals surface area (Å²) >= 11 is 0. The SMILES string of the molecule is CCNc1nccn(C2CC2)c1=O. The Bertz CT molecular complexity index is 354. The van der Waals surface area contributed by atoms with Gasteiger partial charge in [0.05, 0.1) is 0 Å². The molecular weight excluding hydrogens is 166 g/mol. The minimum atomic E-state index is 0.00634. The van der Waals surface area contributed by atoms with E-state index >= 15 is 0 Å². The van der Waals surface area contributed by atoms with Crippen LogP contribution in [0.1, 0.15) is 25.8 Å². The van der Waals surface area contributed by atoms with Crippen LogP contribution in [-0.2, 0) is 0 Å². The van der Waals surface area contributed by atoms with Gasteiger partial charge in [-0.05, 0) is 19.8 Å². The van der Waals surface area contributed by atoms with Crippen LogP contribution < -0.4 is 10.9 Å². The topological polar surface area (TPSA) is 46.9 Å². The summed E-state index contributed by atoms with van der Waals surface area (Å²) in [6, 6.07) is 0.424. The average Bonchev–Trinajstić information content (AvgIpc) is 2.92. The summed E-state index contributed by atoms with van der Waals surface area (Å²) in [4.78, 5) is 15.7. The zero-order valence-electron chi connectivity index (χ0n) is 7.66. The van der Waals surface area contributed by atoms with Gasteiger partial charge < -0.3 is 9.88 Å². The fourth-order valence-corrected chi connectivity index (χ4v) is 1.35. The molecule has 13 heavy (non-hydrogen) atoms. The van der Waals surface area contributed by atoms with Crippen molar-refractivity contribution in [3.8, 4) is 0 Å². The molecule has 0 saturated heterocycles. The first-order valence-corrected chi connectivity index (χ1v) is 4.64. The molecule has 0 bridgehead atoms. The van der Waals surface area contributed by atoms with Crippen LogP contribution in [0.15, 0.2) is 17.2 Å². The first kappa shape index (κ1) is 8.29. The van der Waals surface area contributed by atoms with E-state index in [4.69, 9.17) is 0 Å². The summed E-state index contributed by atoms with van der Waals surface area (Å²) in [5.41, 5.74) is 0.00634. The van der Waals surface area contributed by atoms with Gasteiger partial charge in [0.1, 0.15) is 0 Å². The van der Waals surface area contributed by atoms with Gasteiger partial charge in [-0.2, -0.15) is 0 Å². The van der Waals surface area contributed by atoms with Crippen molar-refractivity contribution in [1.29, 1.82) is 0 Å². The molecule has 0 atom stereocenters. The maximum Gasteiger partial charge on any atom is 0.293 e. The van der Waals surface area contributed by atoms with Crippen LogP contribution in [0.5, 0.6) is 0 Å². The van der Waals surface area contributed by atoms with Crippen LogP contribution in [0.2, 0.25) is 0 Å². The number of aromatic nitrogens is 2. The van der Waals surface area contributed by atoms with Crippen molar-refractivity contribution in [2.24, 2.45) is 0 Å². The molecule has 1 aromatic heterocycles. The number of anilines is 1. The maximum absolute atomic E-state index is 11.7. The molecule has 2 rings (SSSR count). The predicted octanol–water partition coefficient (Wildman–Crippen LogP) is 1.01. The zero-order chi connectivity index (χ0) is 9.26. The standard InChI is InChI=1S/C9H13N3O/c1-2-10-8-9(13)12(6-5-11-8)7-3-4-7/h5-7H,2-4H2,1H3,(H,10,11). The van der Waals surface area contributed by atoms with E-state index in [0.717, 1.165) is 19.4 Å². The molecule has 0 spiro atoms. The Morgan fingerprint density at radius 1 is 1.69 bits per heavy atom. The van der Waals surface area contributed by atoms with E-state index in [1.165, 1.54) is 0 Å². The highest BCUT2D eigenvalue weighted by molar-refractivity contribution is 5.30. The maximum atomic E-state index is 11.7. The van der Waals surface area contributed by atoms with E-state index in [9.17, 15) is 4.79 Å². The fourth-order valence-electron chi connectivity index (χ4n) is 1.35. The highest BCUT2D eigenvalue weighted by atomic mass is 16.1. The van der Waals surface area contributed by atoms with Gasteiger partial charge in [-0.15, -0.1) is 0 Å². The molecule has 4 nitrogen and oxygen atoms in total. The fraction of sp³-hybridized carbons (Fsp3) is 0.556. The van der Waals surface area contributed by atoms with Crippen LogP contribution in [-0.4, -0.2) is 16.1 Å². The van der Waals surface area contributed by atoms with E-state index in [-0.39, 0.29) is 5.56 Å². The third-order valence-corrected chi connectivity index (χ3v) is 2.15. The third kappa shape index (κ3) is 1.56. The molecule has 0 aliphatic heterocycles. The number of hydrogen-bond acceptors (Lipinski definition) is 3. The van der Waals surface area contributed by atoms with Gasteiger partial charge in [0.15, 0.2) is 5.82 Å². The quantitative estimate of drug-likeness (QED) is 0.753. The Morgan fingerprint density at radius 2 is 2.46 bits per heavy atom. The van der Waals surface area contributed by atoms with Crippen molar-refractivity contribution < 1.29 is 0 Å². The largest absolute Gasteiger partial charge is 0.366 e. The van der Waals surface area contributed by atoms with E-state index < -0.39 is 0 Å². The first-order valence-electron chi connectivity index (χ1n) is 4.64. The smallest absolute Gasteiger partial charge is 0.293 e. The van der Waals surface area contributed by atoms with Gasteiger partial charge >= 0.3 is 0 Å². The Kier molecular flexibility index (Phi) is 2.04. The lowest BCUT2D eigenvalue weighted by Crippen LogP contribution is -2.23. The van der Waals surface area contributed by atoms with Gasteiger partial charge in [-0.25, -0.2) is 4.98 Å². The van der Waals surface area contributed by atoms with E-state index in [1.807, 2.05) is 6.92 Å². The molecule has 0 amide bonds. The lowest BCUT2D eigenvalue weighted by molar-refractivity contribution is 0.700.